The zero-order valence-electron chi connectivity index (χ0n) is 4.83. The summed E-state index contributed by atoms with van der Waals surface area (Å²) < 4.78 is 0. The molecule has 1 saturated heterocycles. The quantitative estimate of drug-likeness (QED) is 0.318. The Hall–Kier alpha value is -0.650. The highest BCUT2D eigenvalue weighted by Crippen LogP contribution is 1.93. The van der Waals surface area contributed by atoms with Gasteiger partial charge in [-0.25, -0.2) is 10.5 Å². The molecule has 1 amide bonds. The van der Waals surface area contributed by atoms with Crippen LogP contribution in [0.3, 0.4) is 0 Å². The van der Waals surface area contributed by atoms with E-state index in [1.54, 1.807) is 0 Å². The fourth-order valence-corrected chi connectivity index (χ4v) is 0.565. The number of hydrogen-bond acceptors (Lipinski definition) is 4. The Balaban J connectivity index is 0.000000187. The normalized spacial score (nSPS) is 16.0. The van der Waals surface area contributed by atoms with Gasteiger partial charge in [0.05, 0.1) is 0 Å². The Morgan fingerprint density at radius 3 is 2.22 bits per heavy atom. The Labute approximate surface area is 52.1 Å². The van der Waals surface area contributed by atoms with Gasteiger partial charge in [0, 0.05) is 13.0 Å². The zero-order valence-corrected chi connectivity index (χ0v) is 4.83. The molecule has 0 spiro atoms. The van der Waals surface area contributed by atoms with Crippen molar-refractivity contribution in [1.82, 2.24) is 5.32 Å². The standard InChI is InChI=1S/C4H7NO.H2O3/c6-4-2-1-3-5-4;1-3-2/h1-3H2,(H,5,6);1-2H. The topological polar surface area (TPSA) is 78.8 Å². The molecule has 0 aromatic heterocycles. The van der Waals surface area contributed by atoms with Crippen molar-refractivity contribution in [3.8, 4) is 0 Å². The first-order valence-corrected chi connectivity index (χ1v) is 2.53. The predicted octanol–water partition coefficient (Wildman–Crippen LogP) is -0.155. The molecular weight excluding hydrogens is 126 g/mol. The minimum Gasteiger partial charge on any atom is -0.356 e. The number of nitrogens with one attached hydrogen (secondary N) is 1. The summed E-state index contributed by atoms with van der Waals surface area (Å²) in [4.78, 5) is 10.1. The molecule has 3 N–H and O–H groups in total. The van der Waals surface area contributed by atoms with Gasteiger partial charge in [-0.2, -0.15) is 0 Å². The van der Waals surface area contributed by atoms with E-state index in [1.807, 2.05) is 0 Å². The van der Waals surface area contributed by atoms with Crippen LogP contribution in [-0.2, 0) is 9.83 Å². The van der Waals surface area contributed by atoms with Gasteiger partial charge in [0.2, 0.25) is 5.91 Å². The van der Waals surface area contributed by atoms with E-state index in [9.17, 15) is 4.79 Å². The summed E-state index contributed by atoms with van der Waals surface area (Å²) in [5, 5.41) is 18.2. The molecular formula is C4H9NO4. The smallest absolute Gasteiger partial charge is 0.220 e. The molecule has 1 aliphatic rings. The summed E-state index contributed by atoms with van der Waals surface area (Å²) in [5.74, 6) is 0.204. The van der Waals surface area contributed by atoms with Crippen LogP contribution < -0.4 is 5.32 Å². The van der Waals surface area contributed by atoms with Gasteiger partial charge >= 0.3 is 0 Å². The lowest BCUT2D eigenvalue weighted by molar-refractivity contribution is -0.465. The second kappa shape index (κ2) is 5.49. The van der Waals surface area contributed by atoms with Crippen molar-refractivity contribution >= 4 is 5.91 Å². The summed E-state index contributed by atoms with van der Waals surface area (Å²) in [6.07, 6.45) is 1.76. The molecule has 0 unspecified atom stereocenters. The van der Waals surface area contributed by atoms with Crippen LogP contribution in [0.15, 0.2) is 0 Å². The Morgan fingerprint density at radius 2 is 2.11 bits per heavy atom. The lowest BCUT2D eigenvalue weighted by Gasteiger charge is -1.80. The number of amides is 1. The molecule has 0 saturated carbocycles. The number of carbonyl (C=O) groups is 1. The molecule has 0 atom stereocenters. The van der Waals surface area contributed by atoms with E-state index in [1.165, 1.54) is 0 Å². The van der Waals surface area contributed by atoms with Crippen molar-refractivity contribution in [3.05, 3.63) is 0 Å². The van der Waals surface area contributed by atoms with Crippen LogP contribution >= 0.6 is 0 Å². The maximum atomic E-state index is 10.1. The van der Waals surface area contributed by atoms with E-state index in [0.717, 1.165) is 19.4 Å². The van der Waals surface area contributed by atoms with Crippen molar-refractivity contribution in [3.63, 3.8) is 0 Å². The van der Waals surface area contributed by atoms with E-state index < -0.39 is 0 Å². The average Bonchev–Trinajstić information content (AvgIpc) is 2.20. The summed E-state index contributed by atoms with van der Waals surface area (Å²) in [5.41, 5.74) is 0. The lowest BCUT2D eigenvalue weighted by atomic mass is 10.4. The molecule has 54 valence electrons. The maximum absolute atomic E-state index is 10.1. The second-order valence-electron chi connectivity index (χ2n) is 1.54. The van der Waals surface area contributed by atoms with Crippen molar-refractivity contribution in [2.75, 3.05) is 6.54 Å². The summed E-state index contributed by atoms with van der Waals surface area (Å²) in [6, 6.07) is 0. The largest absolute Gasteiger partial charge is 0.356 e. The molecule has 1 rings (SSSR count). The first kappa shape index (κ1) is 8.35. The van der Waals surface area contributed by atoms with E-state index in [0.29, 0.717) is 0 Å². The van der Waals surface area contributed by atoms with E-state index in [4.69, 9.17) is 10.5 Å². The second-order valence-corrected chi connectivity index (χ2v) is 1.54. The van der Waals surface area contributed by atoms with E-state index in [-0.39, 0.29) is 5.91 Å². The van der Waals surface area contributed by atoms with E-state index in [2.05, 4.69) is 10.4 Å². The fraction of sp³-hybridized carbons (Fsp3) is 0.750. The molecule has 1 fully saturated rings. The minimum absolute atomic E-state index is 0.204. The maximum Gasteiger partial charge on any atom is 0.220 e. The van der Waals surface area contributed by atoms with Crippen LogP contribution in [0.1, 0.15) is 12.8 Å². The highest BCUT2D eigenvalue weighted by Gasteiger charge is 2.05. The third kappa shape index (κ3) is 5.22. The highest BCUT2D eigenvalue weighted by atomic mass is 17.4. The van der Waals surface area contributed by atoms with Crippen LogP contribution in [0.2, 0.25) is 0 Å². The highest BCUT2D eigenvalue weighted by molar-refractivity contribution is 5.77. The molecule has 5 heteroatoms. The molecule has 0 bridgehead atoms. The number of rotatable bonds is 0. The summed E-state index contributed by atoms with van der Waals surface area (Å²) in [6.45, 7) is 0.888. The fourth-order valence-electron chi connectivity index (χ4n) is 0.565. The summed E-state index contributed by atoms with van der Waals surface area (Å²) >= 11 is 0. The molecule has 5 nitrogen and oxygen atoms in total. The molecule has 9 heavy (non-hydrogen) atoms. The predicted molar refractivity (Wildman–Crippen MR) is 28.6 cm³/mol. The van der Waals surface area contributed by atoms with Gasteiger partial charge in [0.1, 0.15) is 0 Å². The van der Waals surface area contributed by atoms with Crippen LogP contribution in [-0.4, -0.2) is 23.0 Å². The Bertz CT molecular complexity index is 76.6. The van der Waals surface area contributed by atoms with Gasteiger partial charge in [-0.05, 0) is 6.42 Å². The van der Waals surface area contributed by atoms with Gasteiger partial charge in [-0.1, -0.05) is 5.04 Å². The van der Waals surface area contributed by atoms with Crippen molar-refractivity contribution in [1.29, 1.82) is 0 Å². The molecule has 1 heterocycles. The average molecular weight is 135 g/mol. The lowest BCUT2D eigenvalue weighted by Crippen LogP contribution is -2.12. The van der Waals surface area contributed by atoms with Crippen LogP contribution in [0.25, 0.3) is 0 Å². The van der Waals surface area contributed by atoms with Gasteiger partial charge in [-0.15, -0.1) is 0 Å². The van der Waals surface area contributed by atoms with Gasteiger partial charge in [-0.3, -0.25) is 4.79 Å². The first-order valence-electron chi connectivity index (χ1n) is 2.53. The van der Waals surface area contributed by atoms with E-state index >= 15 is 0 Å². The van der Waals surface area contributed by atoms with Crippen molar-refractivity contribution in [2.24, 2.45) is 0 Å². The van der Waals surface area contributed by atoms with Gasteiger partial charge in [0.15, 0.2) is 0 Å². The molecule has 0 aromatic rings. The number of hydrogen-bond donors (Lipinski definition) is 3. The Kier molecular flexibility index (Phi) is 5.09. The third-order valence-electron chi connectivity index (χ3n) is 0.903. The first-order chi connectivity index (χ1) is 4.31. The SMILES string of the molecule is O=C1CCCN1.OOO. The zero-order chi connectivity index (χ0) is 7.11. The van der Waals surface area contributed by atoms with Crippen LogP contribution in [0.5, 0.6) is 0 Å². The third-order valence-corrected chi connectivity index (χ3v) is 0.903. The molecule has 1 aliphatic heterocycles. The molecule has 0 aliphatic carbocycles. The summed E-state index contributed by atoms with van der Waals surface area (Å²) in [7, 11) is 0. The monoisotopic (exact) mass is 135 g/mol. The van der Waals surface area contributed by atoms with Gasteiger partial charge in [0.25, 0.3) is 0 Å². The minimum atomic E-state index is 0.204. The molecule has 0 radical (unpaired) electrons. The van der Waals surface area contributed by atoms with Gasteiger partial charge < -0.3 is 5.32 Å². The van der Waals surface area contributed by atoms with Crippen molar-refractivity contribution in [2.45, 2.75) is 12.8 Å². The van der Waals surface area contributed by atoms with Crippen molar-refractivity contribution < 1.29 is 20.3 Å². The Morgan fingerprint density at radius 1 is 1.56 bits per heavy atom. The molecule has 0 aromatic carbocycles. The number of carbonyl (C=O) groups excluding carboxylic acids is 1. The van der Waals surface area contributed by atoms with Crippen LogP contribution in [0.4, 0.5) is 0 Å². The van der Waals surface area contributed by atoms with Crippen LogP contribution in [0, 0.1) is 0 Å².